The van der Waals surface area contributed by atoms with E-state index in [1.807, 2.05) is 35.1 Å². The molecule has 0 spiro atoms. The molecule has 0 fully saturated rings. The van der Waals surface area contributed by atoms with E-state index in [1.54, 1.807) is 0 Å². The van der Waals surface area contributed by atoms with Gasteiger partial charge < -0.3 is 5.32 Å². The number of hydrogen-bond acceptors (Lipinski definition) is 2. The molecule has 2 aromatic carbocycles. The molecule has 1 aromatic heterocycles. The zero-order chi connectivity index (χ0) is 14.5. The molecule has 0 saturated heterocycles. The second-order valence-corrected chi connectivity index (χ2v) is 5.14. The van der Waals surface area contributed by atoms with Crippen molar-refractivity contribution in [1.82, 2.24) is 15.1 Å². The highest BCUT2D eigenvalue weighted by atomic mass is 15.3. The molecular weight excluding hydrogens is 258 g/mol. The van der Waals surface area contributed by atoms with Gasteiger partial charge in [0.05, 0.1) is 11.9 Å². The molecule has 106 valence electrons. The van der Waals surface area contributed by atoms with Crippen LogP contribution in [0.25, 0.3) is 5.69 Å². The quantitative estimate of drug-likeness (QED) is 0.770. The smallest absolute Gasteiger partial charge is 0.0645 e. The molecule has 3 aromatic rings. The molecule has 0 aliphatic rings. The summed E-state index contributed by atoms with van der Waals surface area (Å²) in [5.74, 6) is 0. The van der Waals surface area contributed by atoms with Gasteiger partial charge in [-0.15, -0.1) is 0 Å². The Kier molecular flexibility index (Phi) is 4.12. The van der Waals surface area contributed by atoms with E-state index in [1.165, 1.54) is 11.1 Å². The SMILES string of the molecule is CC(NCc1cnn(-c2ccccc2)c1)c1ccccc1. The van der Waals surface area contributed by atoms with Gasteiger partial charge >= 0.3 is 0 Å². The highest BCUT2D eigenvalue weighted by Gasteiger charge is 2.05. The van der Waals surface area contributed by atoms with E-state index in [4.69, 9.17) is 0 Å². The fraction of sp³-hybridized carbons (Fsp3) is 0.167. The molecule has 0 saturated carbocycles. The number of benzene rings is 2. The third-order valence-corrected chi connectivity index (χ3v) is 3.57. The second-order valence-electron chi connectivity index (χ2n) is 5.14. The predicted octanol–water partition coefficient (Wildman–Crippen LogP) is 3.72. The molecule has 0 bridgehead atoms. The average molecular weight is 277 g/mol. The Bertz CT molecular complexity index is 674. The van der Waals surface area contributed by atoms with E-state index in [-0.39, 0.29) is 0 Å². The fourth-order valence-corrected chi connectivity index (χ4v) is 2.30. The number of nitrogens with zero attached hydrogens (tertiary/aromatic N) is 2. The van der Waals surface area contributed by atoms with Crippen LogP contribution in [0, 0.1) is 0 Å². The van der Waals surface area contributed by atoms with Crippen LogP contribution >= 0.6 is 0 Å². The van der Waals surface area contributed by atoms with Crippen molar-refractivity contribution in [3.8, 4) is 5.69 Å². The summed E-state index contributed by atoms with van der Waals surface area (Å²) >= 11 is 0. The van der Waals surface area contributed by atoms with Gasteiger partial charge in [0.25, 0.3) is 0 Å². The van der Waals surface area contributed by atoms with Crippen LogP contribution in [0.2, 0.25) is 0 Å². The minimum absolute atomic E-state index is 0.325. The molecule has 0 aliphatic heterocycles. The second kappa shape index (κ2) is 6.37. The monoisotopic (exact) mass is 277 g/mol. The molecule has 1 atom stereocenters. The van der Waals surface area contributed by atoms with Crippen LogP contribution < -0.4 is 5.32 Å². The van der Waals surface area contributed by atoms with Crippen molar-refractivity contribution in [3.63, 3.8) is 0 Å². The van der Waals surface area contributed by atoms with Crippen LogP contribution in [-0.2, 0) is 6.54 Å². The topological polar surface area (TPSA) is 29.9 Å². The Morgan fingerprint density at radius 3 is 2.38 bits per heavy atom. The van der Waals surface area contributed by atoms with E-state index in [9.17, 15) is 0 Å². The van der Waals surface area contributed by atoms with Gasteiger partial charge in [0.2, 0.25) is 0 Å². The number of aromatic nitrogens is 2. The Balaban J connectivity index is 1.63. The zero-order valence-electron chi connectivity index (χ0n) is 12.1. The molecular formula is C18H19N3. The molecule has 0 radical (unpaired) electrons. The summed E-state index contributed by atoms with van der Waals surface area (Å²) in [6, 6.07) is 21.0. The van der Waals surface area contributed by atoms with E-state index >= 15 is 0 Å². The molecule has 21 heavy (non-hydrogen) atoms. The van der Waals surface area contributed by atoms with Crippen LogP contribution in [0.5, 0.6) is 0 Å². The highest BCUT2D eigenvalue weighted by molar-refractivity contribution is 5.31. The minimum Gasteiger partial charge on any atom is -0.306 e. The van der Waals surface area contributed by atoms with Crippen LogP contribution in [0.15, 0.2) is 73.1 Å². The summed E-state index contributed by atoms with van der Waals surface area (Å²) in [6.07, 6.45) is 3.98. The van der Waals surface area contributed by atoms with E-state index < -0.39 is 0 Å². The van der Waals surface area contributed by atoms with Gasteiger partial charge in [-0.1, -0.05) is 48.5 Å². The van der Waals surface area contributed by atoms with Crippen molar-refractivity contribution in [2.45, 2.75) is 19.5 Å². The largest absolute Gasteiger partial charge is 0.306 e. The third kappa shape index (κ3) is 3.38. The summed E-state index contributed by atoms with van der Waals surface area (Å²) in [7, 11) is 0. The van der Waals surface area contributed by atoms with Crippen molar-refractivity contribution in [1.29, 1.82) is 0 Å². The Labute approximate surface area is 125 Å². The standard InChI is InChI=1S/C18H19N3/c1-15(17-8-4-2-5-9-17)19-12-16-13-20-21(14-16)18-10-6-3-7-11-18/h2-11,13-15,19H,12H2,1H3. The maximum atomic E-state index is 4.41. The van der Waals surface area contributed by atoms with Gasteiger partial charge in [-0.25, -0.2) is 4.68 Å². The first-order chi connectivity index (χ1) is 10.3. The van der Waals surface area contributed by atoms with Crippen molar-refractivity contribution >= 4 is 0 Å². The molecule has 3 heteroatoms. The molecule has 0 aliphatic carbocycles. The first-order valence-electron chi connectivity index (χ1n) is 7.20. The maximum absolute atomic E-state index is 4.41. The van der Waals surface area contributed by atoms with Crippen molar-refractivity contribution < 1.29 is 0 Å². The Morgan fingerprint density at radius 1 is 1.00 bits per heavy atom. The first-order valence-corrected chi connectivity index (χ1v) is 7.20. The predicted molar refractivity (Wildman–Crippen MR) is 85.3 cm³/mol. The number of nitrogens with one attached hydrogen (secondary N) is 1. The molecule has 1 heterocycles. The summed E-state index contributed by atoms with van der Waals surface area (Å²) in [6.45, 7) is 2.99. The Hall–Kier alpha value is -2.39. The van der Waals surface area contributed by atoms with Crippen LogP contribution in [0.4, 0.5) is 0 Å². The number of rotatable bonds is 5. The number of hydrogen-bond donors (Lipinski definition) is 1. The molecule has 0 amide bonds. The Morgan fingerprint density at radius 2 is 1.67 bits per heavy atom. The summed E-state index contributed by atoms with van der Waals surface area (Å²) < 4.78 is 1.91. The lowest BCUT2D eigenvalue weighted by molar-refractivity contribution is 0.574. The van der Waals surface area contributed by atoms with Crippen molar-refractivity contribution in [2.75, 3.05) is 0 Å². The van der Waals surface area contributed by atoms with Gasteiger partial charge in [-0.2, -0.15) is 5.10 Å². The normalized spacial score (nSPS) is 12.2. The summed E-state index contributed by atoms with van der Waals surface area (Å²) in [5, 5.41) is 7.94. The van der Waals surface area contributed by atoms with Gasteiger partial charge in [-0.3, -0.25) is 0 Å². The van der Waals surface area contributed by atoms with Crippen molar-refractivity contribution in [3.05, 3.63) is 84.2 Å². The fourth-order valence-electron chi connectivity index (χ4n) is 2.30. The van der Waals surface area contributed by atoms with Gasteiger partial charge in [0, 0.05) is 24.3 Å². The maximum Gasteiger partial charge on any atom is 0.0645 e. The van der Waals surface area contributed by atoms with E-state index in [0.29, 0.717) is 6.04 Å². The molecule has 1 unspecified atom stereocenters. The highest BCUT2D eigenvalue weighted by Crippen LogP contribution is 2.13. The van der Waals surface area contributed by atoms with E-state index in [0.717, 1.165) is 12.2 Å². The van der Waals surface area contributed by atoms with Crippen LogP contribution in [0.1, 0.15) is 24.1 Å². The average Bonchev–Trinajstić information content (AvgIpc) is 3.03. The summed E-state index contributed by atoms with van der Waals surface area (Å²) in [4.78, 5) is 0. The van der Waals surface area contributed by atoms with E-state index in [2.05, 4.69) is 59.9 Å². The first kappa shape index (κ1) is 13.6. The van der Waals surface area contributed by atoms with Crippen molar-refractivity contribution in [2.24, 2.45) is 0 Å². The number of para-hydroxylation sites is 1. The molecule has 3 rings (SSSR count). The van der Waals surface area contributed by atoms with Crippen LogP contribution in [-0.4, -0.2) is 9.78 Å². The summed E-state index contributed by atoms with van der Waals surface area (Å²) in [5.41, 5.74) is 3.56. The lowest BCUT2D eigenvalue weighted by Gasteiger charge is -2.13. The zero-order valence-corrected chi connectivity index (χ0v) is 12.1. The third-order valence-electron chi connectivity index (χ3n) is 3.57. The lowest BCUT2D eigenvalue weighted by atomic mass is 10.1. The molecule has 3 nitrogen and oxygen atoms in total. The van der Waals surface area contributed by atoms with Gasteiger partial charge in [0.1, 0.15) is 0 Å². The van der Waals surface area contributed by atoms with Gasteiger partial charge in [-0.05, 0) is 24.6 Å². The van der Waals surface area contributed by atoms with Crippen LogP contribution in [0.3, 0.4) is 0 Å². The molecule has 1 N–H and O–H groups in total. The minimum atomic E-state index is 0.325. The van der Waals surface area contributed by atoms with Gasteiger partial charge in [0.15, 0.2) is 0 Å². The lowest BCUT2D eigenvalue weighted by Crippen LogP contribution is -2.17.